The van der Waals surface area contributed by atoms with Crippen molar-refractivity contribution in [3.63, 3.8) is 0 Å². The molecule has 0 bridgehead atoms. The van der Waals surface area contributed by atoms with E-state index >= 15 is 0 Å². The normalized spacial score (nSPS) is 10.9. The number of hydrogen-bond donors (Lipinski definition) is 0. The van der Waals surface area contributed by atoms with Crippen molar-refractivity contribution in [2.24, 2.45) is 0 Å². The Kier molecular flexibility index (Phi) is 4.64. The molecule has 0 nitrogen and oxygen atoms in total. The molecule has 0 fully saturated rings. The largest absolute Gasteiger partial charge is 0.207 e. The molecule has 0 aliphatic rings. The van der Waals surface area contributed by atoms with E-state index in [9.17, 15) is 4.39 Å². The van der Waals surface area contributed by atoms with Crippen molar-refractivity contribution < 1.29 is 4.39 Å². The van der Waals surface area contributed by atoms with Gasteiger partial charge in [0.25, 0.3) is 0 Å². The highest BCUT2D eigenvalue weighted by atomic mass is 19.1. The Hall–Kier alpha value is -0.850. The van der Waals surface area contributed by atoms with E-state index < -0.39 is 0 Å². The Morgan fingerprint density at radius 3 is 2.29 bits per heavy atom. The van der Waals surface area contributed by atoms with Gasteiger partial charge in [-0.05, 0) is 36.5 Å². The summed E-state index contributed by atoms with van der Waals surface area (Å²) in [4.78, 5) is 0. The van der Waals surface area contributed by atoms with Crippen molar-refractivity contribution in [1.82, 2.24) is 0 Å². The van der Waals surface area contributed by atoms with E-state index in [1.54, 1.807) is 6.07 Å². The lowest BCUT2D eigenvalue weighted by Gasteiger charge is -2.15. The van der Waals surface area contributed by atoms with Crippen LogP contribution in [-0.2, 0) is 0 Å². The molecular weight excluding hydrogens is 175 g/mol. The van der Waals surface area contributed by atoms with E-state index in [0.717, 1.165) is 18.4 Å². The van der Waals surface area contributed by atoms with Crippen molar-refractivity contribution in [1.29, 1.82) is 0 Å². The Labute approximate surface area is 86.2 Å². The SMILES string of the molecule is CCCC(CCC)c1cccc(F)c1. The van der Waals surface area contributed by atoms with Crippen molar-refractivity contribution in [2.45, 2.75) is 45.4 Å². The van der Waals surface area contributed by atoms with Crippen LogP contribution in [0.1, 0.15) is 51.0 Å². The molecule has 1 aromatic carbocycles. The molecule has 14 heavy (non-hydrogen) atoms. The molecule has 0 heterocycles. The van der Waals surface area contributed by atoms with Gasteiger partial charge in [-0.15, -0.1) is 0 Å². The summed E-state index contributed by atoms with van der Waals surface area (Å²) in [6.45, 7) is 4.36. The molecule has 1 aromatic rings. The highest BCUT2D eigenvalue weighted by molar-refractivity contribution is 5.20. The molecule has 0 aliphatic heterocycles. The van der Waals surface area contributed by atoms with Gasteiger partial charge in [-0.3, -0.25) is 0 Å². The summed E-state index contributed by atoms with van der Waals surface area (Å²) in [7, 11) is 0. The Morgan fingerprint density at radius 2 is 1.79 bits per heavy atom. The Morgan fingerprint density at radius 1 is 1.14 bits per heavy atom. The summed E-state index contributed by atoms with van der Waals surface area (Å²) in [5, 5.41) is 0. The minimum absolute atomic E-state index is 0.111. The zero-order valence-corrected chi connectivity index (χ0v) is 9.09. The van der Waals surface area contributed by atoms with Gasteiger partial charge in [-0.2, -0.15) is 0 Å². The summed E-state index contributed by atoms with van der Waals surface area (Å²) in [6, 6.07) is 7.04. The maximum absolute atomic E-state index is 13.0. The topological polar surface area (TPSA) is 0 Å². The van der Waals surface area contributed by atoms with Gasteiger partial charge in [0, 0.05) is 0 Å². The third-order valence-electron chi connectivity index (χ3n) is 2.59. The number of halogens is 1. The van der Waals surface area contributed by atoms with Crippen molar-refractivity contribution in [3.05, 3.63) is 35.6 Å². The second-order valence-electron chi connectivity index (χ2n) is 3.83. The van der Waals surface area contributed by atoms with E-state index in [2.05, 4.69) is 13.8 Å². The second kappa shape index (κ2) is 5.79. The summed E-state index contributed by atoms with van der Waals surface area (Å²) >= 11 is 0. The summed E-state index contributed by atoms with van der Waals surface area (Å²) < 4.78 is 13.0. The van der Waals surface area contributed by atoms with Crippen LogP contribution in [0.3, 0.4) is 0 Å². The van der Waals surface area contributed by atoms with E-state index in [1.807, 2.05) is 12.1 Å². The average molecular weight is 194 g/mol. The standard InChI is InChI=1S/C13H19F/c1-3-6-11(7-4-2)12-8-5-9-13(14)10-12/h5,8-11H,3-4,6-7H2,1-2H3. The fourth-order valence-electron chi connectivity index (χ4n) is 1.94. The number of hydrogen-bond acceptors (Lipinski definition) is 0. The third-order valence-corrected chi connectivity index (χ3v) is 2.59. The first-order valence-corrected chi connectivity index (χ1v) is 5.53. The van der Waals surface area contributed by atoms with E-state index in [4.69, 9.17) is 0 Å². The fourth-order valence-corrected chi connectivity index (χ4v) is 1.94. The number of benzene rings is 1. The van der Waals surface area contributed by atoms with Crippen LogP contribution in [0.25, 0.3) is 0 Å². The molecular formula is C13H19F. The average Bonchev–Trinajstić information content (AvgIpc) is 2.17. The van der Waals surface area contributed by atoms with Gasteiger partial charge in [0.1, 0.15) is 5.82 Å². The zero-order valence-electron chi connectivity index (χ0n) is 9.09. The quantitative estimate of drug-likeness (QED) is 0.647. The Balaban J connectivity index is 2.75. The first-order chi connectivity index (χ1) is 6.77. The third kappa shape index (κ3) is 3.13. The van der Waals surface area contributed by atoms with E-state index in [0.29, 0.717) is 5.92 Å². The lowest BCUT2D eigenvalue weighted by molar-refractivity contribution is 0.553. The fraction of sp³-hybridized carbons (Fsp3) is 0.538. The van der Waals surface area contributed by atoms with Gasteiger partial charge >= 0.3 is 0 Å². The molecule has 0 saturated heterocycles. The zero-order chi connectivity index (χ0) is 10.4. The minimum Gasteiger partial charge on any atom is -0.207 e. The van der Waals surface area contributed by atoms with Crippen LogP contribution in [0.5, 0.6) is 0 Å². The lowest BCUT2D eigenvalue weighted by atomic mass is 9.90. The number of rotatable bonds is 5. The first-order valence-electron chi connectivity index (χ1n) is 5.53. The summed E-state index contributed by atoms with van der Waals surface area (Å²) in [5.74, 6) is 0.431. The molecule has 0 aliphatic carbocycles. The van der Waals surface area contributed by atoms with Crippen LogP contribution in [-0.4, -0.2) is 0 Å². The monoisotopic (exact) mass is 194 g/mol. The molecule has 0 N–H and O–H groups in total. The second-order valence-corrected chi connectivity index (χ2v) is 3.83. The lowest BCUT2D eigenvalue weighted by Crippen LogP contribution is -1.98. The molecule has 1 heteroatoms. The van der Waals surface area contributed by atoms with Gasteiger partial charge in [0.15, 0.2) is 0 Å². The molecule has 0 aromatic heterocycles. The highest BCUT2D eigenvalue weighted by Crippen LogP contribution is 2.26. The molecule has 1 rings (SSSR count). The van der Waals surface area contributed by atoms with Crippen LogP contribution >= 0.6 is 0 Å². The van der Waals surface area contributed by atoms with Gasteiger partial charge in [-0.1, -0.05) is 38.8 Å². The van der Waals surface area contributed by atoms with Crippen molar-refractivity contribution in [3.8, 4) is 0 Å². The van der Waals surface area contributed by atoms with Crippen LogP contribution in [0.4, 0.5) is 4.39 Å². The molecule has 0 amide bonds. The predicted octanol–water partition coefficient (Wildman–Crippen LogP) is 4.51. The minimum atomic E-state index is -0.111. The van der Waals surface area contributed by atoms with Crippen molar-refractivity contribution in [2.75, 3.05) is 0 Å². The van der Waals surface area contributed by atoms with E-state index in [1.165, 1.54) is 18.9 Å². The molecule has 0 saturated carbocycles. The van der Waals surface area contributed by atoms with E-state index in [-0.39, 0.29) is 5.82 Å². The van der Waals surface area contributed by atoms with Crippen LogP contribution < -0.4 is 0 Å². The highest BCUT2D eigenvalue weighted by Gasteiger charge is 2.09. The molecule has 0 atom stereocenters. The maximum Gasteiger partial charge on any atom is 0.123 e. The van der Waals surface area contributed by atoms with Crippen molar-refractivity contribution >= 4 is 0 Å². The molecule has 0 unspecified atom stereocenters. The van der Waals surface area contributed by atoms with Crippen LogP contribution in [0, 0.1) is 5.82 Å². The first kappa shape index (κ1) is 11.2. The predicted molar refractivity (Wildman–Crippen MR) is 59.0 cm³/mol. The van der Waals surface area contributed by atoms with Gasteiger partial charge in [-0.25, -0.2) is 4.39 Å². The molecule has 0 radical (unpaired) electrons. The van der Waals surface area contributed by atoms with Gasteiger partial charge < -0.3 is 0 Å². The summed E-state index contributed by atoms with van der Waals surface area (Å²) in [5.41, 5.74) is 1.16. The molecule has 0 spiro atoms. The van der Waals surface area contributed by atoms with Crippen LogP contribution in [0.15, 0.2) is 24.3 Å². The van der Waals surface area contributed by atoms with Gasteiger partial charge in [0.05, 0.1) is 0 Å². The smallest absolute Gasteiger partial charge is 0.123 e. The van der Waals surface area contributed by atoms with Gasteiger partial charge in [0.2, 0.25) is 0 Å². The maximum atomic E-state index is 13.0. The van der Waals surface area contributed by atoms with Crippen LogP contribution in [0.2, 0.25) is 0 Å². The Bertz CT molecular complexity index is 262. The summed E-state index contributed by atoms with van der Waals surface area (Å²) in [6.07, 6.45) is 4.66. The molecule has 78 valence electrons.